The van der Waals surface area contributed by atoms with Crippen molar-refractivity contribution < 1.29 is 13.9 Å². The quantitative estimate of drug-likeness (QED) is 0.871. The molecular formula is C16H19N3O3. The van der Waals surface area contributed by atoms with Crippen molar-refractivity contribution >= 4 is 5.91 Å². The summed E-state index contributed by atoms with van der Waals surface area (Å²) < 4.78 is 10.8. The van der Waals surface area contributed by atoms with E-state index in [9.17, 15) is 4.79 Å². The van der Waals surface area contributed by atoms with Gasteiger partial charge in [-0.2, -0.15) is 0 Å². The number of carbonyl (C=O) groups is 1. The summed E-state index contributed by atoms with van der Waals surface area (Å²) in [6.45, 7) is 2.44. The maximum atomic E-state index is 11.9. The summed E-state index contributed by atoms with van der Waals surface area (Å²) in [5.41, 5.74) is 1.63. The Balaban J connectivity index is 1.49. The molecule has 2 aromatic rings. The van der Waals surface area contributed by atoms with Gasteiger partial charge in [-0.25, -0.2) is 4.98 Å². The Labute approximate surface area is 128 Å². The summed E-state index contributed by atoms with van der Waals surface area (Å²) in [5, 5.41) is 6.11. The Bertz CT molecular complexity index is 606. The molecule has 0 bridgehead atoms. The number of oxazole rings is 1. The van der Waals surface area contributed by atoms with Crippen LogP contribution in [0.15, 0.2) is 41.0 Å². The van der Waals surface area contributed by atoms with Gasteiger partial charge >= 0.3 is 0 Å². The van der Waals surface area contributed by atoms with Crippen LogP contribution >= 0.6 is 0 Å². The summed E-state index contributed by atoms with van der Waals surface area (Å²) in [7, 11) is 0. The molecular weight excluding hydrogens is 282 g/mol. The van der Waals surface area contributed by atoms with Gasteiger partial charge in [-0.1, -0.05) is 18.2 Å². The molecule has 6 nitrogen and oxygen atoms in total. The minimum Gasteiger partial charge on any atom is -0.444 e. The normalized spacial score (nSPS) is 18.1. The molecule has 0 unspecified atom stereocenters. The zero-order valence-corrected chi connectivity index (χ0v) is 12.2. The van der Waals surface area contributed by atoms with Crippen molar-refractivity contribution in [1.82, 2.24) is 15.6 Å². The second kappa shape index (κ2) is 7.20. The maximum Gasteiger partial charge on any atom is 0.226 e. The third kappa shape index (κ3) is 3.93. The van der Waals surface area contributed by atoms with Crippen LogP contribution in [0.4, 0.5) is 0 Å². The Hall–Kier alpha value is -2.18. The number of hydrogen-bond acceptors (Lipinski definition) is 5. The number of hydrogen-bond donors (Lipinski definition) is 2. The third-order valence-corrected chi connectivity index (χ3v) is 3.47. The number of carbonyl (C=O) groups excluding carboxylic acids is 1. The van der Waals surface area contributed by atoms with Gasteiger partial charge in [0.2, 0.25) is 11.8 Å². The van der Waals surface area contributed by atoms with Gasteiger partial charge in [0.1, 0.15) is 6.26 Å². The number of benzene rings is 1. The Kier molecular flexibility index (Phi) is 4.82. The lowest BCUT2D eigenvalue weighted by Gasteiger charge is -2.23. The van der Waals surface area contributed by atoms with Crippen LogP contribution in [-0.4, -0.2) is 36.7 Å². The fraction of sp³-hybridized carbons (Fsp3) is 0.375. The van der Waals surface area contributed by atoms with Gasteiger partial charge in [0, 0.05) is 24.6 Å². The van der Waals surface area contributed by atoms with E-state index in [0.717, 1.165) is 12.1 Å². The van der Waals surface area contributed by atoms with Crippen molar-refractivity contribution in [3.8, 4) is 11.5 Å². The molecule has 2 N–H and O–H groups in total. The maximum absolute atomic E-state index is 11.9. The van der Waals surface area contributed by atoms with E-state index in [1.807, 2.05) is 30.3 Å². The van der Waals surface area contributed by atoms with E-state index in [0.29, 0.717) is 37.8 Å². The Morgan fingerprint density at radius 2 is 2.23 bits per heavy atom. The summed E-state index contributed by atoms with van der Waals surface area (Å²) in [5.74, 6) is 0.541. The average molecular weight is 301 g/mol. The van der Waals surface area contributed by atoms with Gasteiger partial charge in [-0.15, -0.1) is 0 Å². The molecule has 0 aliphatic carbocycles. The minimum atomic E-state index is -0.0211. The van der Waals surface area contributed by atoms with Gasteiger partial charge < -0.3 is 19.8 Å². The van der Waals surface area contributed by atoms with E-state index < -0.39 is 0 Å². The predicted octanol–water partition coefficient (Wildman–Crippen LogP) is 1.34. The van der Waals surface area contributed by atoms with Gasteiger partial charge in [0.05, 0.1) is 25.5 Å². The lowest BCUT2D eigenvalue weighted by molar-refractivity contribution is -0.122. The molecule has 1 saturated heterocycles. The van der Waals surface area contributed by atoms with E-state index in [1.165, 1.54) is 0 Å². The Morgan fingerprint density at radius 3 is 3.00 bits per heavy atom. The molecule has 1 aliphatic heterocycles. The highest BCUT2D eigenvalue weighted by molar-refractivity contribution is 5.76. The molecule has 1 fully saturated rings. The summed E-state index contributed by atoms with van der Waals surface area (Å²) in [6, 6.07) is 9.76. The number of ether oxygens (including phenoxy) is 1. The number of aromatic nitrogens is 1. The van der Waals surface area contributed by atoms with Crippen molar-refractivity contribution in [3.05, 3.63) is 42.3 Å². The highest BCUT2D eigenvalue weighted by Crippen LogP contribution is 2.17. The number of morpholine rings is 1. The molecule has 6 heteroatoms. The second-order valence-corrected chi connectivity index (χ2v) is 5.22. The lowest BCUT2D eigenvalue weighted by Crippen LogP contribution is -2.44. The highest BCUT2D eigenvalue weighted by atomic mass is 16.5. The largest absolute Gasteiger partial charge is 0.444 e. The molecule has 22 heavy (non-hydrogen) atoms. The van der Waals surface area contributed by atoms with Crippen LogP contribution < -0.4 is 10.6 Å². The topological polar surface area (TPSA) is 76.4 Å². The van der Waals surface area contributed by atoms with Crippen LogP contribution in [0.25, 0.3) is 11.5 Å². The SMILES string of the molecule is O=C(C[C@@H]1COCCN1)NCc1coc(-c2ccccc2)n1. The van der Waals surface area contributed by atoms with Crippen molar-refractivity contribution in [2.24, 2.45) is 0 Å². The molecule has 116 valence electrons. The monoisotopic (exact) mass is 301 g/mol. The zero-order chi connectivity index (χ0) is 15.2. The van der Waals surface area contributed by atoms with Gasteiger partial charge in [-0.05, 0) is 12.1 Å². The van der Waals surface area contributed by atoms with Crippen LogP contribution in [0, 0.1) is 0 Å². The molecule has 1 aromatic carbocycles. The van der Waals surface area contributed by atoms with E-state index in [-0.39, 0.29) is 11.9 Å². The van der Waals surface area contributed by atoms with Crippen LogP contribution in [-0.2, 0) is 16.1 Å². The molecule has 2 heterocycles. The van der Waals surface area contributed by atoms with Crippen LogP contribution in [0.2, 0.25) is 0 Å². The molecule has 0 saturated carbocycles. The highest BCUT2D eigenvalue weighted by Gasteiger charge is 2.17. The van der Waals surface area contributed by atoms with Gasteiger partial charge in [-0.3, -0.25) is 4.79 Å². The summed E-state index contributed by atoms with van der Waals surface area (Å²) >= 11 is 0. The average Bonchev–Trinajstić information content (AvgIpc) is 3.04. The van der Waals surface area contributed by atoms with E-state index in [2.05, 4.69) is 15.6 Å². The second-order valence-electron chi connectivity index (χ2n) is 5.22. The summed E-state index contributed by atoms with van der Waals surface area (Å²) in [6.07, 6.45) is 1.98. The van der Waals surface area contributed by atoms with E-state index >= 15 is 0 Å². The number of nitrogens with zero attached hydrogens (tertiary/aromatic N) is 1. The number of nitrogens with one attached hydrogen (secondary N) is 2. The molecule has 0 spiro atoms. The molecule has 3 rings (SSSR count). The van der Waals surface area contributed by atoms with Crippen molar-refractivity contribution in [1.29, 1.82) is 0 Å². The van der Waals surface area contributed by atoms with E-state index in [1.54, 1.807) is 6.26 Å². The molecule has 1 atom stereocenters. The first-order chi connectivity index (χ1) is 10.8. The standard InChI is InChI=1S/C16H19N3O3/c20-15(8-13-10-21-7-6-17-13)18-9-14-11-22-16(19-14)12-4-2-1-3-5-12/h1-5,11,13,17H,6-10H2,(H,18,20)/t13-/m1/s1. The third-order valence-electron chi connectivity index (χ3n) is 3.47. The predicted molar refractivity (Wildman–Crippen MR) is 81.0 cm³/mol. The molecule has 0 radical (unpaired) electrons. The van der Waals surface area contributed by atoms with Gasteiger partial charge in [0.25, 0.3) is 0 Å². The molecule has 1 aromatic heterocycles. The first kappa shape index (κ1) is 14.7. The fourth-order valence-corrected chi connectivity index (χ4v) is 2.34. The summed E-state index contributed by atoms with van der Waals surface area (Å²) in [4.78, 5) is 16.3. The van der Waals surface area contributed by atoms with Crippen LogP contribution in [0.1, 0.15) is 12.1 Å². The zero-order valence-electron chi connectivity index (χ0n) is 12.2. The van der Waals surface area contributed by atoms with Crippen LogP contribution in [0.3, 0.4) is 0 Å². The van der Waals surface area contributed by atoms with Gasteiger partial charge in [0.15, 0.2) is 0 Å². The molecule has 1 aliphatic rings. The van der Waals surface area contributed by atoms with E-state index in [4.69, 9.17) is 9.15 Å². The Morgan fingerprint density at radius 1 is 1.36 bits per heavy atom. The van der Waals surface area contributed by atoms with Crippen molar-refractivity contribution in [2.45, 2.75) is 19.0 Å². The van der Waals surface area contributed by atoms with Crippen molar-refractivity contribution in [2.75, 3.05) is 19.8 Å². The number of rotatable bonds is 5. The minimum absolute atomic E-state index is 0.0211. The first-order valence-corrected chi connectivity index (χ1v) is 7.39. The van der Waals surface area contributed by atoms with Crippen LogP contribution in [0.5, 0.6) is 0 Å². The van der Waals surface area contributed by atoms with Crippen molar-refractivity contribution in [3.63, 3.8) is 0 Å². The lowest BCUT2D eigenvalue weighted by atomic mass is 10.2. The number of amides is 1. The fourth-order valence-electron chi connectivity index (χ4n) is 2.34. The first-order valence-electron chi connectivity index (χ1n) is 7.39. The smallest absolute Gasteiger partial charge is 0.226 e. The molecule has 1 amide bonds.